The Bertz CT molecular complexity index is 1670. The highest BCUT2D eigenvalue weighted by molar-refractivity contribution is 6.09. The third-order valence-electron chi connectivity index (χ3n) is 7.14. The van der Waals surface area contributed by atoms with Crippen LogP contribution in [0.4, 0.5) is 0 Å². The van der Waals surface area contributed by atoms with E-state index in [4.69, 9.17) is 9.47 Å². The molecule has 202 valence electrons. The van der Waals surface area contributed by atoms with E-state index in [9.17, 15) is 40.2 Å². The van der Waals surface area contributed by atoms with Gasteiger partial charge in [0.2, 0.25) is 0 Å². The number of phenols is 6. The molecule has 3 atom stereocenters. The quantitative estimate of drug-likeness (QED) is 0.212. The van der Waals surface area contributed by atoms with E-state index in [1.807, 2.05) is 0 Å². The number of fused-ring (bicyclic) bond motifs is 2. The van der Waals surface area contributed by atoms with Gasteiger partial charge >= 0.3 is 0 Å². The maximum atomic E-state index is 14.1. The van der Waals surface area contributed by atoms with Crippen molar-refractivity contribution in [1.29, 1.82) is 0 Å². The second-order valence-electron chi connectivity index (χ2n) is 9.67. The molecule has 10 heteroatoms. The van der Waals surface area contributed by atoms with Crippen molar-refractivity contribution in [1.82, 2.24) is 0 Å². The second-order valence-corrected chi connectivity index (χ2v) is 9.67. The first-order valence-electron chi connectivity index (χ1n) is 12.3. The van der Waals surface area contributed by atoms with Crippen LogP contribution in [-0.4, -0.2) is 42.2 Å². The zero-order valence-electron chi connectivity index (χ0n) is 20.6. The molecule has 6 rings (SSSR count). The number of carbonyl (C=O) groups excluding carboxylic acids is 2. The highest BCUT2D eigenvalue weighted by Crippen LogP contribution is 2.55. The molecule has 0 amide bonds. The van der Waals surface area contributed by atoms with Crippen molar-refractivity contribution < 1.29 is 49.7 Å². The Kier molecular flexibility index (Phi) is 5.69. The summed E-state index contributed by atoms with van der Waals surface area (Å²) in [5.74, 6) is -4.97. The lowest BCUT2D eigenvalue weighted by atomic mass is 9.78. The van der Waals surface area contributed by atoms with Crippen molar-refractivity contribution in [3.8, 4) is 46.0 Å². The van der Waals surface area contributed by atoms with Gasteiger partial charge in [-0.25, -0.2) is 0 Å². The number of hydrogen-bond acceptors (Lipinski definition) is 10. The summed E-state index contributed by atoms with van der Waals surface area (Å²) < 4.78 is 12.3. The van der Waals surface area contributed by atoms with E-state index < -0.39 is 46.9 Å². The van der Waals surface area contributed by atoms with Crippen LogP contribution >= 0.6 is 0 Å². The van der Waals surface area contributed by atoms with Crippen LogP contribution in [0.3, 0.4) is 0 Å². The van der Waals surface area contributed by atoms with Crippen LogP contribution in [0.5, 0.6) is 46.0 Å². The summed E-state index contributed by atoms with van der Waals surface area (Å²) in [4.78, 5) is 27.4. The van der Waals surface area contributed by atoms with Gasteiger partial charge in [0.25, 0.3) is 0 Å². The average Bonchev–Trinajstić information content (AvgIpc) is 2.89. The number of ketones is 2. The lowest BCUT2D eigenvalue weighted by molar-refractivity contribution is 0.0739. The third-order valence-corrected chi connectivity index (χ3v) is 7.14. The zero-order valence-corrected chi connectivity index (χ0v) is 20.6. The Morgan fingerprint density at radius 2 is 1.23 bits per heavy atom. The third kappa shape index (κ3) is 3.97. The highest BCUT2D eigenvalue weighted by atomic mass is 16.5. The van der Waals surface area contributed by atoms with Crippen LogP contribution in [0, 0.1) is 0 Å². The van der Waals surface area contributed by atoms with Crippen molar-refractivity contribution in [3.63, 3.8) is 0 Å². The monoisotopic (exact) mass is 542 g/mol. The van der Waals surface area contributed by atoms with E-state index in [-0.39, 0.29) is 51.9 Å². The number of phenolic OH excluding ortho intramolecular Hbond substituents is 6. The number of benzene rings is 4. The molecule has 0 saturated heterocycles. The van der Waals surface area contributed by atoms with E-state index in [0.29, 0.717) is 11.1 Å². The summed E-state index contributed by atoms with van der Waals surface area (Å²) >= 11 is 0. The predicted octanol–water partition coefficient (Wildman–Crippen LogP) is 4.73. The molecular weight excluding hydrogens is 520 g/mol. The van der Waals surface area contributed by atoms with Gasteiger partial charge in [0.1, 0.15) is 69.3 Å². The number of rotatable bonds is 3. The first kappa shape index (κ1) is 24.9. The zero-order chi connectivity index (χ0) is 28.3. The predicted molar refractivity (Wildman–Crippen MR) is 139 cm³/mol. The van der Waals surface area contributed by atoms with Crippen molar-refractivity contribution in [2.75, 3.05) is 0 Å². The number of carbonyl (C=O) groups is 2. The summed E-state index contributed by atoms with van der Waals surface area (Å²) in [7, 11) is 0. The second kappa shape index (κ2) is 9.12. The Morgan fingerprint density at radius 1 is 0.625 bits per heavy atom. The molecule has 0 aliphatic carbocycles. The minimum absolute atomic E-state index is 0.00784. The van der Waals surface area contributed by atoms with Crippen molar-refractivity contribution in [3.05, 3.63) is 94.5 Å². The number of ether oxygens (including phenoxy) is 2. The average molecular weight is 542 g/mol. The van der Waals surface area contributed by atoms with Gasteiger partial charge in [0.15, 0.2) is 11.6 Å². The first-order valence-corrected chi connectivity index (χ1v) is 12.3. The van der Waals surface area contributed by atoms with Gasteiger partial charge in [-0.2, -0.15) is 0 Å². The molecule has 2 heterocycles. The smallest absolute Gasteiger partial charge is 0.182 e. The molecule has 2 aliphatic rings. The number of Topliss-reactive ketones (excluding diaryl/α,β-unsaturated/α-hetero) is 2. The number of aromatic hydroxyl groups is 6. The molecule has 0 bridgehead atoms. The summed E-state index contributed by atoms with van der Waals surface area (Å²) in [6.07, 6.45) is -2.20. The Labute approximate surface area is 226 Å². The van der Waals surface area contributed by atoms with Crippen molar-refractivity contribution >= 4 is 11.6 Å². The van der Waals surface area contributed by atoms with Gasteiger partial charge in [0.05, 0.1) is 17.9 Å². The van der Waals surface area contributed by atoms with Gasteiger partial charge in [-0.05, 0) is 35.4 Å². The van der Waals surface area contributed by atoms with E-state index >= 15 is 0 Å². The lowest BCUT2D eigenvalue weighted by Gasteiger charge is -2.36. The molecule has 2 unspecified atom stereocenters. The Morgan fingerprint density at radius 3 is 1.88 bits per heavy atom. The molecule has 10 nitrogen and oxygen atoms in total. The molecule has 40 heavy (non-hydrogen) atoms. The molecule has 0 aromatic heterocycles. The van der Waals surface area contributed by atoms with Crippen LogP contribution in [0.25, 0.3) is 0 Å². The summed E-state index contributed by atoms with van der Waals surface area (Å²) in [5.41, 5.74) is 0.302. The van der Waals surface area contributed by atoms with Crippen molar-refractivity contribution in [2.24, 2.45) is 0 Å². The van der Waals surface area contributed by atoms with E-state index in [0.717, 1.165) is 12.1 Å². The minimum atomic E-state index is -1.40. The molecule has 4 aromatic rings. The highest BCUT2D eigenvalue weighted by Gasteiger charge is 2.46. The summed E-state index contributed by atoms with van der Waals surface area (Å²) in [6.45, 7) is 0. The van der Waals surface area contributed by atoms with Gasteiger partial charge in [0, 0.05) is 18.2 Å². The standard InChI is InChI=1S/C30H22O10/c31-15-5-1-13(2-6-15)22-12-21(37)24-19(35)11-20(36)26(30(24)39-22)27-28(38)25-18(34)9-17(33)10-23(25)40-29(27)14-3-7-16(32)8-4-14/h1-11,22,27,29,31-36H,12H2/t22-,27?,29?/m0/s1. The van der Waals surface area contributed by atoms with E-state index in [1.165, 1.54) is 42.5 Å². The topological polar surface area (TPSA) is 174 Å². The van der Waals surface area contributed by atoms with Gasteiger partial charge in [-0.15, -0.1) is 0 Å². The summed E-state index contributed by atoms with van der Waals surface area (Å²) in [6, 6.07) is 14.8. The SMILES string of the molecule is O=C1C[C@@H](c2ccc(O)cc2)Oc2c1c(O)cc(O)c2C1C(=O)c2c(O)cc(O)cc2OC1c1ccc(O)cc1. The fourth-order valence-corrected chi connectivity index (χ4v) is 5.30. The normalized spacial score (nSPS) is 19.8. The molecule has 4 aromatic carbocycles. The minimum Gasteiger partial charge on any atom is -0.508 e. The molecular formula is C30H22O10. The fourth-order valence-electron chi connectivity index (χ4n) is 5.30. The Hall–Kier alpha value is -5.38. The maximum Gasteiger partial charge on any atom is 0.182 e. The lowest BCUT2D eigenvalue weighted by Crippen LogP contribution is -2.32. The van der Waals surface area contributed by atoms with Crippen LogP contribution in [0.15, 0.2) is 66.7 Å². The summed E-state index contributed by atoms with van der Waals surface area (Å²) in [5, 5.41) is 61.9. The molecule has 0 radical (unpaired) electrons. The Balaban J connectivity index is 1.57. The van der Waals surface area contributed by atoms with Crippen molar-refractivity contribution in [2.45, 2.75) is 24.5 Å². The van der Waals surface area contributed by atoms with Crippen LogP contribution in [0.1, 0.15) is 62.0 Å². The molecule has 2 aliphatic heterocycles. The van der Waals surface area contributed by atoms with Gasteiger partial charge in [-0.1, -0.05) is 24.3 Å². The fraction of sp³-hybridized carbons (Fsp3) is 0.133. The van der Waals surface area contributed by atoms with Gasteiger partial charge < -0.3 is 40.1 Å². The molecule has 0 fully saturated rings. The molecule has 0 saturated carbocycles. The molecule has 0 spiro atoms. The number of hydrogen-bond donors (Lipinski definition) is 6. The molecule has 6 N–H and O–H groups in total. The van der Waals surface area contributed by atoms with Gasteiger partial charge in [-0.3, -0.25) is 9.59 Å². The van der Waals surface area contributed by atoms with E-state index in [1.54, 1.807) is 12.1 Å². The maximum absolute atomic E-state index is 14.1. The first-order chi connectivity index (χ1) is 19.1. The van der Waals surface area contributed by atoms with E-state index in [2.05, 4.69) is 0 Å². The van der Waals surface area contributed by atoms with Crippen LogP contribution in [0.2, 0.25) is 0 Å². The van der Waals surface area contributed by atoms with Crippen LogP contribution in [-0.2, 0) is 0 Å². The largest absolute Gasteiger partial charge is 0.508 e. The van der Waals surface area contributed by atoms with Crippen LogP contribution < -0.4 is 9.47 Å².